The number of amides is 1. The summed E-state index contributed by atoms with van der Waals surface area (Å²) in [5.74, 6) is -0.336. The molecule has 1 unspecified atom stereocenters. The van der Waals surface area contributed by atoms with Gasteiger partial charge < -0.3 is 18.6 Å². The number of furan rings is 1. The molecule has 2 aromatic heterocycles. The molecule has 0 N–H and O–H groups in total. The Morgan fingerprint density at radius 3 is 2.44 bits per heavy atom. The Kier molecular flexibility index (Phi) is 6.25. The predicted molar refractivity (Wildman–Crippen MR) is 99.6 cm³/mol. The molecule has 0 fully saturated rings. The average Bonchev–Trinajstić information content (AvgIpc) is 3.23. The summed E-state index contributed by atoms with van der Waals surface area (Å²) < 4.78 is 12.0. The summed E-state index contributed by atoms with van der Waals surface area (Å²) in [7, 11) is 1.31. The van der Waals surface area contributed by atoms with Crippen LogP contribution in [0.4, 0.5) is 0 Å². The van der Waals surface area contributed by atoms with Crippen LogP contribution >= 0.6 is 0 Å². The molecule has 7 heteroatoms. The largest absolute Gasteiger partial charge is 0.467 e. The molecule has 1 amide bonds. The first-order chi connectivity index (χ1) is 12.7. The van der Waals surface area contributed by atoms with Crippen LogP contribution in [0.25, 0.3) is 0 Å². The smallest absolute Gasteiger partial charge is 0.354 e. The van der Waals surface area contributed by atoms with Gasteiger partial charge in [0, 0.05) is 24.7 Å². The van der Waals surface area contributed by atoms with Gasteiger partial charge in [0.2, 0.25) is 5.91 Å². The van der Waals surface area contributed by atoms with E-state index in [1.807, 2.05) is 6.92 Å². The molecule has 2 rings (SSSR count). The van der Waals surface area contributed by atoms with Crippen LogP contribution in [0.1, 0.15) is 58.6 Å². The van der Waals surface area contributed by atoms with Crippen LogP contribution in [0.5, 0.6) is 0 Å². The van der Waals surface area contributed by atoms with Crippen molar-refractivity contribution in [1.29, 1.82) is 0 Å². The standard InChI is InChI=1S/C20H26N2O5/c1-7-21-13(3)17(12(2)18(21)20(25)26-6)19(24)14(4)22(15(5)23)11-16-9-8-10-27-16/h8-10,14H,7,11H2,1-6H3. The SMILES string of the molecule is CCn1c(C)c(C(=O)C(C)N(Cc2ccco2)C(C)=O)c(C)c1C(=O)OC. The third-order valence-corrected chi connectivity index (χ3v) is 4.87. The molecule has 0 saturated heterocycles. The van der Waals surface area contributed by atoms with E-state index in [0.717, 1.165) is 0 Å². The average molecular weight is 374 g/mol. The molecule has 0 spiro atoms. The number of rotatable bonds is 7. The van der Waals surface area contributed by atoms with Gasteiger partial charge in [-0.15, -0.1) is 0 Å². The Hall–Kier alpha value is -2.83. The molecule has 7 nitrogen and oxygen atoms in total. The molecule has 146 valence electrons. The first-order valence-corrected chi connectivity index (χ1v) is 8.86. The highest BCUT2D eigenvalue weighted by Gasteiger charge is 2.32. The summed E-state index contributed by atoms with van der Waals surface area (Å²) in [6.45, 7) is 9.27. The van der Waals surface area contributed by atoms with E-state index < -0.39 is 12.0 Å². The van der Waals surface area contributed by atoms with E-state index in [1.54, 1.807) is 37.5 Å². The molecule has 2 heterocycles. The number of hydrogen-bond donors (Lipinski definition) is 0. The number of Topliss-reactive ketones (excluding diaryl/α,β-unsaturated/α-hetero) is 1. The van der Waals surface area contributed by atoms with Crippen molar-refractivity contribution < 1.29 is 23.5 Å². The molecule has 0 saturated carbocycles. The molecular weight excluding hydrogens is 348 g/mol. The Morgan fingerprint density at radius 1 is 1.30 bits per heavy atom. The number of ketones is 1. The van der Waals surface area contributed by atoms with Crippen LogP contribution in [-0.4, -0.2) is 40.3 Å². The van der Waals surface area contributed by atoms with E-state index in [0.29, 0.717) is 34.8 Å². The second-order valence-electron chi connectivity index (χ2n) is 6.44. The zero-order valence-electron chi connectivity index (χ0n) is 16.7. The van der Waals surface area contributed by atoms with Crippen molar-refractivity contribution >= 4 is 17.7 Å². The number of aromatic nitrogens is 1. The van der Waals surface area contributed by atoms with Gasteiger partial charge >= 0.3 is 5.97 Å². The van der Waals surface area contributed by atoms with Gasteiger partial charge in [-0.3, -0.25) is 9.59 Å². The third kappa shape index (κ3) is 3.82. The predicted octanol–water partition coefficient (Wildman–Crippen LogP) is 3.12. The van der Waals surface area contributed by atoms with E-state index in [9.17, 15) is 14.4 Å². The van der Waals surface area contributed by atoms with Crippen LogP contribution in [0.3, 0.4) is 0 Å². The van der Waals surface area contributed by atoms with Crippen molar-refractivity contribution in [3.8, 4) is 0 Å². The molecule has 0 aromatic carbocycles. The van der Waals surface area contributed by atoms with Crippen LogP contribution in [0, 0.1) is 13.8 Å². The highest BCUT2D eigenvalue weighted by molar-refractivity contribution is 6.06. The van der Waals surface area contributed by atoms with Crippen LogP contribution in [0.2, 0.25) is 0 Å². The zero-order valence-corrected chi connectivity index (χ0v) is 16.7. The minimum Gasteiger partial charge on any atom is -0.467 e. The molecule has 0 radical (unpaired) electrons. The minimum atomic E-state index is -0.705. The molecule has 27 heavy (non-hydrogen) atoms. The van der Waals surface area contributed by atoms with Gasteiger partial charge in [0.15, 0.2) is 5.78 Å². The van der Waals surface area contributed by atoms with Crippen molar-refractivity contribution in [3.63, 3.8) is 0 Å². The lowest BCUT2D eigenvalue weighted by atomic mass is 9.99. The maximum atomic E-state index is 13.3. The van der Waals surface area contributed by atoms with E-state index in [-0.39, 0.29) is 18.2 Å². The maximum absolute atomic E-state index is 13.3. The molecule has 0 bridgehead atoms. The molecular formula is C20H26N2O5. The van der Waals surface area contributed by atoms with Crippen molar-refractivity contribution in [1.82, 2.24) is 9.47 Å². The molecule has 0 aliphatic carbocycles. The maximum Gasteiger partial charge on any atom is 0.354 e. The molecule has 0 aliphatic rings. The Balaban J connectivity index is 2.44. The Bertz CT molecular complexity index is 848. The molecule has 1 atom stereocenters. The van der Waals surface area contributed by atoms with Crippen LogP contribution < -0.4 is 0 Å². The number of nitrogens with zero attached hydrogens (tertiary/aromatic N) is 2. The third-order valence-electron chi connectivity index (χ3n) is 4.87. The van der Waals surface area contributed by atoms with Crippen molar-refractivity contribution in [2.75, 3.05) is 7.11 Å². The number of esters is 1. The van der Waals surface area contributed by atoms with E-state index in [2.05, 4.69) is 0 Å². The Labute approximate surface area is 158 Å². The van der Waals surface area contributed by atoms with Gasteiger partial charge in [-0.25, -0.2) is 4.79 Å². The lowest BCUT2D eigenvalue weighted by Gasteiger charge is -2.26. The van der Waals surface area contributed by atoms with E-state index in [4.69, 9.17) is 9.15 Å². The topological polar surface area (TPSA) is 81.8 Å². The molecule has 0 aliphatic heterocycles. The number of carbonyl (C=O) groups is 3. The zero-order chi connectivity index (χ0) is 20.3. The fourth-order valence-electron chi connectivity index (χ4n) is 3.46. The van der Waals surface area contributed by atoms with Gasteiger partial charge in [-0.05, 0) is 45.4 Å². The lowest BCUT2D eigenvalue weighted by molar-refractivity contribution is -0.131. The monoisotopic (exact) mass is 374 g/mol. The van der Waals surface area contributed by atoms with Gasteiger partial charge in [0.05, 0.1) is 26.0 Å². The Morgan fingerprint density at radius 2 is 1.96 bits per heavy atom. The highest BCUT2D eigenvalue weighted by atomic mass is 16.5. The first kappa shape index (κ1) is 20.5. The summed E-state index contributed by atoms with van der Waals surface area (Å²) in [5, 5.41) is 0. The van der Waals surface area contributed by atoms with Crippen molar-refractivity contribution in [2.45, 2.75) is 53.8 Å². The van der Waals surface area contributed by atoms with E-state index in [1.165, 1.54) is 25.2 Å². The fourth-order valence-corrected chi connectivity index (χ4v) is 3.46. The number of ether oxygens (including phenoxy) is 1. The summed E-state index contributed by atoms with van der Waals surface area (Å²) in [4.78, 5) is 39.1. The summed E-state index contributed by atoms with van der Waals surface area (Å²) in [6.07, 6.45) is 1.53. The van der Waals surface area contributed by atoms with Crippen molar-refractivity contribution in [3.05, 3.63) is 46.7 Å². The quantitative estimate of drug-likeness (QED) is 0.549. The number of carbonyl (C=O) groups excluding carboxylic acids is 3. The van der Waals surface area contributed by atoms with Gasteiger partial charge in [-0.1, -0.05) is 0 Å². The summed E-state index contributed by atoms with van der Waals surface area (Å²) in [6, 6.07) is 2.79. The highest BCUT2D eigenvalue weighted by Crippen LogP contribution is 2.26. The lowest BCUT2D eigenvalue weighted by Crippen LogP contribution is -2.41. The number of hydrogen-bond acceptors (Lipinski definition) is 5. The normalized spacial score (nSPS) is 11.9. The second-order valence-corrected chi connectivity index (χ2v) is 6.44. The summed E-state index contributed by atoms with van der Waals surface area (Å²) in [5.41, 5.74) is 2.08. The molecule has 2 aromatic rings. The second kappa shape index (κ2) is 8.24. The fraction of sp³-hybridized carbons (Fsp3) is 0.450. The van der Waals surface area contributed by atoms with Gasteiger partial charge in [0.25, 0.3) is 0 Å². The van der Waals surface area contributed by atoms with E-state index >= 15 is 0 Å². The van der Waals surface area contributed by atoms with Gasteiger partial charge in [-0.2, -0.15) is 0 Å². The summed E-state index contributed by atoms with van der Waals surface area (Å²) >= 11 is 0. The van der Waals surface area contributed by atoms with Crippen LogP contribution in [0.15, 0.2) is 22.8 Å². The number of methoxy groups -OCH3 is 1. The van der Waals surface area contributed by atoms with Gasteiger partial charge in [0.1, 0.15) is 11.5 Å². The minimum absolute atomic E-state index is 0.200. The van der Waals surface area contributed by atoms with Crippen molar-refractivity contribution in [2.24, 2.45) is 0 Å². The first-order valence-electron chi connectivity index (χ1n) is 8.86. The van der Waals surface area contributed by atoms with Crippen LogP contribution in [-0.2, 0) is 22.6 Å².